The summed E-state index contributed by atoms with van der Waals surface area (Å²) in [5.74, 6) is 0.363. The second-order valence-corrected chi connectivity index (χ2v) is 22.1. The highest BCUT2D eigenvalue weighted by Crippen LogP contribution is 2.51. The number of fused-ring (bicyclic) bond motifs is 2. The Balaban J connectivity index is 1.69. The van der Waals surface area contributed by atoms with Crippen molar-refractivity contribution in [2.24, 2.45) is 0 Å². The van der Waals surface area contributed by atoms with E-state index >= 15 is 0 Å². The quantitative estimate of drug-likeness (QED) is 0.0425. The summed E-state index contributed by atoms with van der Waals surface area (Å²) in [5.41, 5.74) is 2.40. The Kier molecular flexibility index (Phi) is 24.8. The zero-order valence-corrected chi connectivity index (χ0v) is 44.3. The van der Waals surface area contributed by atoms with Gasteiger partial charge in [-0.15, -0.1) is 0 Å². The van der Waals surface area contributed by atoms with Gasteiger partial charge in [0.25, 0.3) is 10.1 Å². The van der Waals surface area contributed by atoms with Crippen molar-refractivity contribution in [2.45, 2.75) is 69.1 Å². The van der Waals surface area contributed by atoms with Crippen molar-refractivity contribution >= 4 is 37.7 Å². The van der Waals surface area contributed by atoms with Gasteiger partial charge < -0.3 is 52.3 Å². The number of sulfone groups is 1. The summed E-state index contributed by atoms with van der Waals surface area (Å²) in [6, 6.07) is 12.4. The highest BCUT2D eigenvalue weighted by Gasteiger charge is 2.43. The van der Waals surface area contributed by atoms with E-state index in [0.717, 1.165) is 27.9 Å². The van der Waals surface area contributed by atoms with Gasteiger partial charge >= 0.3 is 5.97 Å². The zero-order chi connectivity index (χ0) is 51.9. The minimum Gasteiger partial charge on any atom is -0.481 e. The summed E-state index contributed by atoms with van der Waals surface area (Å²) in [4.78, 5) is 13.4. The number of carboxylic acids is 1. The highest BCUT2D eigenvalue weighted by atomic mass is 32.2. The summed E-state index contributed by atoms with van der Waals surface area (Å²) in [7, 11) is -4.62. The van der Waals surface area contributed by atoms with Crippen LogP contribution in [0.1, 0.15) is 70.3 Å². The minimum absolute atomic E-state index is 0.0711. The largest absolute Gasteiger partial charge is 0.481 e. The molecule has 0 amide bonds. The maximum Gasteiger partial charge on any atom is 0.303 e. The first-order valence-electron chi connectivity index (χ1n) is 24.1. The second kappa shape index (κ2) is 29.6. The molecule has 0 saturated heterocycles. The lowest BCUT2D eigenvalue weighted by atomic mass is 9.77. The van der Waals surface area contributed by atoms with Gasteiger partial charge in [-0.2, -0.15) is 8.42 Å². The number of hydrogen-bond acceptors (Lipinski definition) is 15. The van der Waals surface area contributed by atoms with E-state index in [9.17, 15) is 31.3 Å². The van der Waals surface area contributed by atoms with Crippen molar-refractivity contribution < 1.29 is 73.6 Å². The molecule has 18 nitrogen and oxygen atoms in total. The van der Waals surface area contributed by atoms with Crippen LogP contribution in [0.5, 0.6) is 0 Å². The van der Waals surface area contributed by atoms with Crippen molar-refractivity contribution in [1.82, 2.24) is 4.58 Å². The molecule has 1 atom stereocenters. The number of rotatable bonds is 35. The molecule has 2 heterocycles. The molecule has 0 spiro atoms. The number of carbonyl (C=O) groups is 1. The Morgan fingerprint density at radius 3 is 1.82 bits per heavy atom. The van der Waals surface area contributed by atoms with Crippen LogP contribution in [-0.4, -0.2) is 171 Å². The molecule has 0 radical (unpaired) electrons. The van der Waals surface area contributed by atoms with Gasteiger partial charge in [0.15, 0.2) is 13.1 Å². The molecule has 71 heavy (non-hydrogen) atoms. The first-order valence-corrected chi connectivity index (χ1v) is 27.6. The van der Waals surface area contributed by atoms with E-state index in [1.165, 1.54) is 18.4 Å². The zero-order valence-electron chi connectivity index (χ0n) is 42.7. The first kappa shape index (κ1) is 59.5. The Morgan fingerprint density at radius 1 is 0.761 bits per heavy atom. The fourth-order valence-electron chi connectivity index (χ4n) is 8.01. The molecule has 4 rings (SSSR count). The molecule has 0 fully saturated rings. The lowest BCUT2D eigenvalue weighted by molar-refractivity contribution is -0.137. The summed E-state index contributed by atoms with van der Waals surface area (Å²) in [6.07, 6.45) is 7.74. The Labute approximate surface area is 420 Å². The molecular weight excluding hydrogens is 961 g/mol. The monoisotopic (exact) mass is 1040 g/mol. The van der Waals surface area contributed by atoms with E-state index < -0.39 is 31.3 Å². The van der Waals surface area contributed by atoms with Crippen molar-refractivity contribution in [3.63, 3.8) is 0 Å². The van der Waals surface area contributed by atoms with E-state index in [1.54, 1.807) is 20.3 Å². The number of hydrogen-bond donors (Lipinski definition) is 2. The minimum atomic E-state index is -4.58. The third kappa shape index (κ3) is 20.1. The number of carboxylic acid groups (broad SMARTS) is 1. The Morgan fingerprint density at radius 2 is 1.31 bits per heavy atom. The Hall–Kier alpha value is -4.06. The van der Waals surface area contributed by atoms with E-state index in [1.807, 2.05) is 54.3 Å². The van der Waals surface area contributed by atoms with E-state index in [-0.39, 0.29) is 41.9 Å². The van der Waals surface area contributed by atoms with Crippen molar-refractivity contribution in [3.8, 4) is 11.3 Å². The second-order valence-electron chi connectivity index (χ2n) is 18.4. The van der Waals surface area contributed by atoms with Gasteiger partial charge in [-0.3, -0.25) is 9.35 Å². The van der Waals surface area contributed by atoms with Crippen LogP contribution in [0.3, 0.4) is 0 Å². The molecule has 2 N–H and O–H groups in total. The SMILES string of the molecule is COCCOCCOCCOCC[N+](CCOCCOCCOCCOC)=c1ccc2c(/C=C/C=C3\N(CCCS(C)(=O)=O)c4ccc(S(=O)(=O)O)cc4C3(C)CCCC(=O)O)cc(C(C)(C)C)oc-2c1. The molecule has 1 aliphatic carbocycles. The van der Waals surface area contributed by atoms with E-state index in [2.05, 4.69) is 25.3 Å². The topological polar surface area (TPSA) is 219 Å². The van der Waals surface area contributed by atoms with Gasteiger partial charge in [-0.1, -0.05) is 32.9 Å². The molecule has 1 aromatic rings. The molecule has 1 unspecified atom stereocenters. The highest BCUT2D eigenvalue weighted by molar-refractivity contribution is 7.90. The molecule has 0 saturated carbocycles. The van der Waals surface area contributed by atoms with Crippen LogP contribution < -0.4 is 14.8 Å². The molecule has 0 aromatic heterocycles. The molecule has 3 aliphatic rings. The number of benzene rings is 2. The lowest BCUT2D eigenvalue weighted by Crippen LogP contribution is -2.36. The molecular formula is C51H77N2O16S2+. The summed E-state index contributed by atoms with van der Waals surface area (Å²) < 4.78 is 112. The van der Waals surface area contributed by atoms with Crippen molar-refractivity contribution in [3.05, 3.63) is 82.6 Å². The Bertz CT molecular complexity index is 2420. The first-order chi connectivity index (χ1) is 33.8. The molecule has 20 heteroatoms. The lowest BCUT2D eigenvalue weighted by Gasteiger charge is -2.30. The van der Waals surface area contributed by atoms with Crippen LogP contribution in [0.15, 0.2) is 69.6 Å². The number of allylic oxidation sites excluding steroid dienone is 3. The van der Waals surface area contributed by atoms with Crippen molar-refractivity contribution in [2.75, 3.05) is 143 Å². The average molecular weight is 1040 g/mol. The van der Waals surface area contributed by atoms with Gasteiger partial charge in [-0.05, 0) is 73.7 Å². The molecule has 1 aromatic carbocycles. The van der Waals surface area contributed by atoms with Crippen LogP contribution in [-0.2, 0) is 73.5 Å². The summed E-state index contributed by atoms with van der Waals surface area (Å²) in [6.45, 7) is 16.1. The van der Waals surface area contributed by atoms with Crippen molar-refractivity contribution in [1.29, 1.82) is 0 Å². The van der Waals surface area contributed by atoms with Crippen LogP contribution in [0.2, 0.25) is 0 Å². The van der Waals surface area contributed by atoms with Crippen LogP contribution in [0.4, 0.5) is 5.69 Å². The number of methoxy groups -OCH3 is 2. The van der Waals surface area contributed by atoms with Crippen LogP contribution >= 0.6 is 0 Å². The predicted octanol–water partition coefficient (Wildman–Crippen LogP) is 5.46. The van der Waals surface area contributed by atoms with Gasteiger partial charge in [0.1, 0.15) is 34.6 Å². The number of anilines is 1. The number of ether oxygens (including phenoxy) is 8. The smallest absolute Gasteiger partial charge is 0.303 e. The fourth-order valence-corrected chi connectivity index (χ4v) is 9.17. The normalized spacial score (nSPS) is 15.9. The van der Waals surface area contributed by atoms with Gasteiger partial charge in [0.2, 0.25) is 5.36 Å². The van der Waals surface area contributed by atoms with E-state index in [0.29, 0.717) is 129 Å². The fraction of sp³-hybridized carbons (Fsp3) is 0.608. The standard InChI is InChI=1S/C51H76N2O16S2/c1-50(2,3)48-37-40(11-8-12-47-51(4,18-9-13-49(54)55)44-39-42(71(58,59)60)15-17-45(44)53(47)19-10-36-70(7,56)57)43-16-14-41(38-46(43)69-48)52(20-22-63-28-30-67-34-32-65-26-24-61-5)21-23-64-29-31-68-35-33-66-27-25-62-6/h8,11-12,14-17,37-39H,9-10,13,18-36H2,1-7H3,(H-,54,55,58,59,60)/p+1. The summed E-state index contributed by atoms with van der Waals surface area (Å²) >= 11 is 0. The maximum absolute atomic E-state index is 12.4. The maximum atomic E-state index is 12.4. The molecule has 398 valence electrons. The molecule has 2 aliphatic heterocycles. The number of aliphatic carboxylic acids is 1. The third-order valence-corrected chi connectivity index (χ3v) is 13.6. The van der Waals surface area contributed by atoms with Crippen LogP contribution in [0, 0.1) is 0 Å². The average Bonchev–Trinajstić information content (AvgIpc) is 3.53. The molecule has 0 bridgehead atoms. The van der Waals surface area contributed by atoms with Gasteiger partial charge in [0.05, 0.1) is 96.0 Å². The predicted molar refractivity (Wildman–Crippen MR) is 272 cm³/mol. The van der Waals surface area contributed by atoms with Gasteiger partial charge in [-0.25, -0.2) is 13.0 Å². The summed E-state index contributed by atoms with van der Waals surface area (Å²) in [5, 5.41) is 10.5. The third-order valence-electron chi connectivity index (χ3n) is 11.8. The van der Waals surface area contributed by atoms with Gasteiger partial charge in [0, 0.05) is 67.3 Å². The van der Waals surface area contributed by atoms with Crippen LogP contribution in [0.25, 0.3) is 17.4 Å². The van der Waals surface area contributed by atoms with E-state index in [4.69, 9.17) is 42.3 Å². The number of nitrogens with zero attached hydrogens (tertiary/aromatic N) is 2.